The Morgan fingerprint density at radius 2 is 2.22 bits per heavy atom. The predicted octanol–water partition coefficient (Wildman–Crippen LogP) is 3.61. The topological polar surface area (TPSA) is 72.6 Å². The maximum atomic E-state index is 10.5. The number of benzene rings is 1. The highest BCUT2D eigenvalue weighted by Gasteiger charge is 2.18. The Kier molecular flexibility index (Phi) is 3.53. The van der Waals surface area contributed by atoms with Gasteiger partial charge in [0.05, 0.1) is 10.6 Å². The third kappa shape index (κ3) is 2.46. The van der Waals surface area contributed by atoms with Crippen molar-refractivity contribution in [2.24, 2.45) is 0 Å². The minimum absolute atomic E-state index is 0.111. The molecular weight excluding hydrogens is 258 g/mol. The summed E-state index contributed by atoms with van der Waals surface area (Å²) in [6, 6.07) is 7.00. The zero-order valence-corrected chi connectivity index (χ0v) is 10.3. The SMILES string of the molecule is CCc1nc(-c2ccccc2Cl)oc1OC(=O)O. The van der Waals surface area contributed by atoms with E-state index in [4.69, 9.17) is 21.1 Å². The molecule has 1 aromatic carbocycles. The average Bonchev–Trinajstić information content (AvgIpc) is 2.71. The lowest BCUT2D eigenvalue weighted by molar-refractivity contribution is 0.132. The van der Waals surface area contributed by atoms with Crippen LogP contribution < -0.4 is 4.74 Å². The first-order valence-electron chi connectivity index (χ1n) is 5.27. The minimum Gasteiger partial charge on any atom is -0.449 e. The summed E-state index contributed by atoms with van der Waals surface area (Å²) in [6.45, 7) is 1.82. The predicted molar refractivity (Wildman–Crippen MR) is 65.0 cm³/mol. The molecule has 0 fully saturated rings. The molecule has 0 saturated carbocycles. The van der Waals surface area contributed by atoms with Gasteiger partial charge in [-0.25, -0.2) is 9.78 Å². The molecule has 2 aromatic rings. The van der Waals surface area contributed by atoms with Crippen molar-refractivity contribution in [2.45, 2.75) is 13.3 Å². The molecule has 1 heterocycles. The smallest absolute Gasteiger partial charge is 0.449 e. The van der Waals surface area contributed by atoms with E-state index in [1.165, 1.54) is 0 Å². The molecule has 0 atom stereocenters. The van der Waals surface area contributed by atoms with Crippen LogP contribution in [0.25, 0.3) is 11.5 Å². The van der Waals surface area contributed by atoms with Gasteiger partial charge in [-0.1, -0.05) is 30.7 Å². The number of ether oxygens (including phenoxy) is 1. The van der Waals surface area contributed by atoms with Crippen LogP contribution in [0.4, 0.5) is 4.79 Å². The van der Waals surface area contributed by atoms with Crippen molar-refractivity contribution in [1.82, 2.24) is 4.98 Å². The summed E-state index contributed by atoms with van der Waals surface area (Å²) < 4.78 is 9.81. The molecule has 0 aliphatic heterocycles. The number of rotatable bonds is 3. The summed E-state index contributed by atoms with van der Waals surface area (Å²) >= 11 is 6.01. The quantitative estimate of drug-likeness (QED) is 0.860. The van der Waals surface area contributed by atoms with E-state index >= 15 is 0 Å². The summed E-state index contributed by atoms with van der Waals surface area (Å²) in [5.41, 5.74) is 1.03. The van der Waals surface area contributed by atoms with Crippen molar-refractivity contribution in [3.63, 3.8) is 0 Å². The lowest BCUT2D eigenvalue weighted by Crippen LogP contribution is -2.03. The average molecular weight is 268 g/mol. The Bertz CT molecular complexity index is 579. The minimum atomic E-state index is -1.44. The number of halogens is 1. The molecule has 0 aliphatic carbocycles. The highest BCUT2D eigenvalue weighted by Crippen LogP contribution is 2.31. The van der Waals surface area contributed by atoms with E-state index in [2.05, 4.69) is 9.72 Å². The molecule has 1 aromatic heterocycles. The van der Waals surface area contributed by atoms with Gasteiger partial charge in [-0.2, -0.15) is 0 Å². The monoisotopic (exact) mass is 267 g/mol. The molecular formula is C12H10ClNO4. The van der Waals surface area contributed by atoms with Gasteiger partial charge in [0.25, 0.3) is 0 Å². The summed E-state index contributed by atoms with van der Waals surface area (Å²) in [6.07, 6.45) is -0.942. The van der Waals surface area contributed by atoms with Gasteiger partial charge in [-0.15, -0.1) is 0 Å². The van der Waals surface area contributed by atoms with E-state index in [0.717, 1.165) is 0 Å². The molecule has 0 amide bonds. The molecule has 94 valence electrons. The maximum absolute atomic E-state index is 10.5. The van der Waals surface area contributed by atoms with Crippen molar-refractivity contribution >= 4 is 17.8 Å². The number of oxazole rings is 1. The number of hydrogen-bond donors (Lipinski definition) is 1. The largest absolute Gasteiger partial charge is 0.513 e. The number of aryl methyl sites for hydroxylation is 1. The highest BCUT2D eigenvalue weighted by atomic mass is 35.5. The fourth-order valence-electron chi connectivity index (χ4n) is 1.47. The van der Waals surface area contributed by atoms with Crippen molar-refractivity contribution in [3.05, 3.63) is 35.0 Å². The van der Waals surface area contributed by atoms with Gasteiger partial charge in [0, 0.05) is 0 Å². The standard InChI is InChI=1S/C12H10ClNO4/c1-2-9-11(18-12(15)16)17-10(14-9)7-5-3-4-6-8(7)13/h3-6H,2H2,1H3,(H,15,16). The first-order chi connectivity index (χ1) is 8.61. The van der Waals surface area contributed by atoms with Gasteiger partial charge in [-0.3, -0.25) is 0 Å². The van der Waals surface area contributed by atoms with E-state index in [1.54, 1.807) is 24.3 Å². The van der Waals surface area contributed by atoms with E-state index in [0.29, 0.717) is 22.7 Å². The van der Waals surface area contributed by atoms with Gasteiger partial charge in [0.1, 0.15) is 5.69 Å². The van der Waals surface area contributed by atoms with Crippen LogP contribution in [0.1, 0.15) is 12.6 Å². The fraction of sp³-hybridized carbons (Fsp3) is 0.167. The molecule has 0 aliphatic rings. The Labute approximate surface area is 108 Å². The first kappa shape index (κ1) is 12.4. The zero-order valence-electron chi connectivity index (χ0n) is 9.51. The Balaban J connectivity index is 2.44. The van der Waals surface area contributed by atoms with Crippen molar-refractivity contribution < 1.29 is 19.1 Å². The summed E-state index contributed by atoms with van der Waals surface area (Å²) in [7, 11) is 0. The van der Waals surface area contributed by atoms with Crippen LogP contribution in [0.3, 0.4) is 0 Å². The van der Waals surface area contributed by atoms with Crippen LogP contribution in [-0.2, 0) is 6.42 Å². The van der Waals surface area contributed by atoms with Gasteiger partial charge in [0.15, 0.2) is 0 Å². The van der Waals surface area contributed by atoms with Gasteiger partial charge in [-0.05, 0) is 18.6 Å². The number of carbonyl (C=O) groups is 1. The van der Waals surface area contributed by atoms with Crippen LogP contribution in [0.15, 0.2) is 28.7 Å². The summed E-state index contributed by atoms with van der Waals surface area (Å²) in [5.74, 6) is 0.133. The van der Waals surface area contributed by atoms with Crippen LogP contribution in [0.5, 0.6) is 5.95 Å². The highest BCUT2D eigenvalue weighted by molar-refractivity contribution is 6.33. The zero-order chi connectivity index (χ0) is 13.1. The molecule has 6 heteroatoms. The number of carboxylic acid groups (broad SMARTS) is 1. The second kappa shape index (κ2) is 5.10. The molecule has 18 heavy (non-hydrogen) atoms. The van der Waals surface area contributed by atoms with Crippen molar-refractivity contribution in [2.75, 3.05) is 0 Å². The first-order valence-corrected chi connectivity index (χ1v) is 5.65. The van der Waals surface area contributed by atoms with Crippen molar-refractivity contribution in [3.8, 4) is 17.4 Å². The molecule has 2 rings (SSSR count). The molecule has 1 N–H and O–H groups in total. The van der Waals surface area contributed by atoms with Crippen LogP contribution >= 0.6 is 11.6 Å². The molecule has 5 nitrogen and oxygen atoms in total. The summed E-state index contributed by atoms with van der Waals surface area (Å²) in [4.78, 5) is 14.7. The number of aromatic nitrogens is 1. The van der Waals surface area contributed by atoms with Crippen LogP contribution in [0.2, 0.25) is 5.02 Å². The Morgan fingerprint density at radius 3 is 2.83 bits per heavy atom. The Morgan fingerprint density at radius 1 is 1.50 bits per heavy atom. The van der Waals surface area contributed by atoms with Crippen molar-refractivity contribution in [1.29, 1.82) is 0 Å². The summed E-state index contributed by atoms with van der Waals surface area (Å²) in [5, 5.41) is 9.06. The molecule has 0 unspecified atom stereocenters. The molecule has 0 spiro atoms. The second-order valence-electron chi connectivity index (χ2n) is 3.45. The second-order valence-corrected chi connectivity index (χ2v) is 3.86. The lowest BCUT2D eigenvalue weighted by atomic mass is 10.2. The van der Waals surface area contributed by atoms with Gasteiger partial charge in [0.2, 0.25) is 5.89 Å². The third-order valence-electron chi connectivity index (χ3n) is 2.28. The number of hydrogen-bond acceptors (Lipinski definition) is 4. The van der Waals surface area contributed by atoms with E-state index < -0.39 is 6.16 Å². The van der Waals surface area contributed by atoms with E-state index in [9.17, 15) is 4.79 Å². The van der Waals surface area contributed by atoms with Gasteiger partial charge < -0.3 is 14.3 Å². The van der Waals surface area contributed by atoms with Gasteiger partial charge >= 0.3 is 12.1 Å². The van der Waals surface area contributed by atoms with E-state index in [-0.39, 0.29) is 11.8 Å². The fourth-order valence-corrected chi connectivity index (χ4v) is 1.69. The maximum Gasteiger partial charge on any atom is 0.513 e. The molecule has 0 radical (unpaired) electrons. The lowest BCUT2D eigenvalue weighted by Gasteiger charge is -1.97. The molecule has 0 saturated heterocycles. The number of nitrogens with zero attached hydrogens (tertiary/aromatic N) is 1. The van der Waals surface area contributed by atoms with Crippen LogP contribution in [0, 0.1) is 0 Å². The Hall–Kier alpha value is -2.01. The van der Waals surface area contributed by atoms with Crippen LogP contribution in [-0.4, -0.2) is 16.2 Å². The van der Waals surface area contributed by atoms with E-state index in [1.807, 2.05) is 6.92 Å². The normalized spacial score (nSPS) is 10.3. The third-order valence-corrected chi connectivity index (χ3v) is 2.61. The molecule has 0 bridgehead atoms.